The number of benzene rings is 1. The molecule has 0 aromatic heterocycles. The predicted molar refractivity (Wildman–Crippen MR) is 74.1 cm³/mol. The van der Waals surface area contributed by atoms with Crippen LogP contribution in [0.2, 0.25) is 0 Å². The van der Waals surface area contributed by atoms with Gasteiger partial charge in [-0.2, -0.15) is 0 Å². The Labute approximate surface area is 129 Å². The summed E-state index contributed by atoms with van der Waals surface area (Å²) in [5, 5.41) is 2.50. The van der Waals surface area contributed by atoms with Crippen molar-refractivity contribution >= 4 is 35.2 Å². The summed E-state index contributed by atoms with van der Waals surface area (Å²) in [6.07, 6.45) is 1.03. The van der Waals surface area contributed by atoms with Crippen molar-refractivity contribution in [1.82, 2.24) is 10.4 Å². The van der Waals surface area contributed by atoms with E-state index in [-0.39, 0.29) is 29.5 Å². The van der Waals surface area contributed by atoms with Gasteiger partial charge in [0.2, 0.25) is 0 Å². The normalized spacial score (nSPS) is 17.4. The largest absolute Gasteiger partial charge is 0.364 e. The molecule has 3 rings (SSSR count). The third-order valence-corrected chi connectivity index (χ3v) is 3.37. The molecule has 1 fully saturated rings. The molecule has 0 bridgehead atoms. The highest BCUT2D eigenvalue weighted by atomic mass is 16.7. The Morgan fingerprint density at radius 2 is 1.70 bits per heavy atom. The second-order valence-corrected chi connectivity index (χ2v) is 4.88. The molecule has 4 amide bonds. The summed E-state index contributed by atoms with van der Waals surface area (Å²) in [4.78, 5) is 63.1. The zero-order valence-electron chi connectivity index (χ0n) is 11.7. The van der Waals surface area contributed by atoms with Crippen LogP contribution in [0.3, 0.4) is 0 Å². The Morgan fingerprint density at radius 1 is 1.04 bits per heavy atom. The smallest absolute Gasteiger partial charge is 0.325 e. The molecule has 0 aliphatic carbocycles. The second-order valence-electron chi connectivity index (χ2n) is 4.88. The summed E-state index contributed by atoms with van der Waals surface area (Å²) in [6.45, 7) is 0. The third-order valence-electron chi connectivity index (χ3n) is 3.37. The maximum absolute atomic E-state index is 12.2. The molecule has 8 heteroatoms. The molecule has 0 unspecified atom stereocenters. The van der Waals surface area contributed by atoms with E-state index in [1.54, 1.807) is 6.07 Å². The van der Waals surface area contributed by atoms with Crippen molar-refractivity contribution in [3.8, 4) is 0 Å². The Balaban J connectivity index is 1.92. The molecule has 116 valence electrons. The molecule has 0 saturated carbocycles. The van der Waals surface area contributed by atoms with Crippen LogP contribution in [0, 0.1) is 0 Å². The van der Waals surface area contributed by atoms with Gasteiger partial charge in [0.25, 0.3) is 23.6 Å². The van der Waals surface area contributed by atoms with E-state index in [0.717, 1.165) is 6.08 Å². The Bertz CT molecular complexity index is 779. The quantitative estimate of drug-likeness (QED) is 0.783. The van der Waals surface area contributed by atoms with Gasteiger partial charge in [-0.3, -0.25) is 24.5 Å². The first-order chi connectivity index (χ1) is 11.0. The number of hydroxylamine groups is 2. The van der Waals surface area contributed by atoms with Crippen LogP contribution in [-0.2, 0) is 24.0 Å². The molecule has 8 nitrogen and oxygen atoms in total. The molecule has 0 spiro atoms. The van der Waals surface area contributed by atoms with Gasteiger partial charge >= 0.3 is 5.97 Å². The number of nitrogens with one attached hydrogen (secondary N) is 1. The van der Waals surface area contributed by atoms with Crippen molar-refractivity contribution in [2.45, 2.75) is 12.8 Å². The minimum atomic E-state index is -0.961. The monoisotopic (exact) mass is 314 g/mol. The van der Waals surface area contributed by atoms with Crippen molar-refractivity contribution in [2.75, 3.05) is 0 Å². The molecule has 23 heavy (non-hydrogen) atoms. The maximum Gasteiger partial charge on any atom is 0.364 e. The number of amides is 4. The topological polar surface area (TPSA) is 110 Å². The number of hydrogen-bond acceptors (Lipinski definition) is 6. The van der Waals surface area contributed by atoms with Gasteiger partial charge in [-0.15, -0.1) is 5.06 Å². The third kappa shape index (κ3) is 2.61. The van der Waals surface area contributed by atoms with E-state index >= 15 is 0 Å². The van der Waals surface area contributed by atoms with Crippen LogP contribution in [0.15, 0.2) is 30.3 Å². The second kappa shape index (κ2) is 5.48. The van der Waals surface area contributed by atoms with E-state index in [4.69, 9.17) is 4.84 Å². The van der Waals surface area contributed by atoms with Crippen molar-refractivity contribution in [3.63, 3.8) is 0 Å². The number of carbonyl (C=O) groups excluding carboxylic acids is 5. The van der Waals surface area contributed by atoms with E-state index in [1.165, 1.54) is 18.2 Å². The first-order valence-corrected chi connectivity index (χ1v) is 6.72. The van der Waals surface area contributed by atoms with Crippen LogP contribution in [-0.4, -0.2) is 34.7 Å². The fourth-order valence-corrected chi connectivity index (χ4v) is 2.30. The molecule has 0 atom stereocenters. The van der Waals surface area contributed by atoms with Gasteiger partial charge in [0.15, 0.2) is 0 Å². The number of rotatable bonds is 3. The number of nitrogens with zero attached hydrogens (tertiary/aromatic N) is 1. The van der Waals surface area contributed by atoms with Gasteiger partial charge in [-0.1, -0.05) is 18.2 Å². The van der Waals surface area contributed by atoms with Crippen LogP contribution in [0.5, 0.6) is 0 Å². The summed E-state index contributed by atoms with van der Waals surface area (Å²) in [7, 11) is 0. The van der Waals surface area contributed by atoms with Crippen molar-refractivity contribution < 1.29 is 28.8 Å². The number of carbonyl (C=O) groups is 5. The summed E-state index contributed by atoms with van der Waals surface area (Å²) >= 11 is 0. The highest BCUT2D eigenvalue weighted by Crippen LogP contribution is 2.24. The molecule has 2 aliphatic rings. The molecular weight excluding hydrogens is 304 g/mol. The van der Waals surface area contributed by atoms with Gasteiger partial charge in [-0.25, -0.2) is 4.79 Å². The van der Waals surface area contributed by atoms with E-state index in [1.807, 2.05) is 0 Å². The summed E-state index contributed by atoms with van der Waals surface area (Å²) in [6, 6.07) is 5.95. The minimum absolute atomic E-state index is 0.0154. The van der Waals surface area contributed by atoms with Gasteiger partial charge in [0, 0.05) is 24.5 Å². The standard InChI is InChI=1S/C15H10N2O6/c18-11-7-10(14(21)16-11)8-3-1-2-4-9(8)15(22)23-17-12(19)5-6-13(17)20/h1-4,7H,5-6H2,(H,16,18,21). The van der Waals surface area contributed by atoms with Crippen LogP contribution in [0.1, 0.15) is 28.8 Å². The average molecular weight is 314 g/mol. The number of hydrogen-bond donors (Lipinski definition) is 1. The first-order valence-electron chi connectivity index (χ1n) is 6.72. The van der Waals surface area contributed by atoms with Gasteiger partial charge in [0.1, 0.15) is 0 Å². The molecule has 1 aromatic rings. The van der Waals surface area contributed by atoms with E-state index in [9.17, 15) is 24.0 Å². The summed E-state index contributed by atoms with van der Waals surface area (Å²) in [5.41, 5.74) is 0.165. The van der Waals surface area contributed by atoms with Gasteiger partial charge in [0.05, 0.1) is 11.1 Å². The van der Waals surface area contributed by atoms with Crippen LogP contribution >= 0.6 is 0 Å². The molecule has 1 N–H and O–H groups in total. The molecule has 2 aliphatic heterocycles. The summed E-state index contributed by atoms with van der Waals surface area (Å²) in [5.74, 6) is -3.39. The maximum atomic E-state index is 12.2. The van der Waals surface area contributed by atoms with Gasteiger partial charge < -0.3 is 4.84 Å². The highest BCUT2D eigenvalue weighted by Gasteiger charge is 2.34. The Kier molecular flexibility index (Phi) is 3.49. The Hall–Kier alpha value is -3.29. The first kappa shape index (κ1) is 14.6. The molecule has 0 radical (unpaired) electrons. The van der Waals surface area contributed by atoms with E-state index in [0.29, 0.717) is 5.06 Å². The van der Waals surface area contributed by atoms with Gasteiger partial charge in [-0.05, 0) is 6.07 Å². The van der Waals surface area contributed by atoms with E-state index in [2.05, 4.69) is 5.32 Å². The SMILES string of the molecule is O=C1C=C(c2ccccc2C(=O)ON2C(=O)CCC2=O)C(=O)N1. The molecular formula is C15H10N2O6. The van der Waals surface area contributed by atoms with Crippen molar-refractivity contribution in [2.24, 2.45) is 0 Å². The highest BCUT2D eigenvalue weighted by molar-refractivity contribution is 6.34. The lowest BCUT2D eigenvalue weighted by atomic mass is 10.00. The number of imide groups is 2. The van der Waals surface area contributed by atoms with Crippen molar-refractivity contribution in [3.05, 3.63) is 41.5 Å². The summed E-state index contributed by atoms with van der Waals surface area (Å²) < 4.78 is 0. The zero-order chi connectivity index (χ0) is 16.6. The lowest BCUT2D eigenvalue weighted by molar-refractivity contribution is -0.172. The van der Waals surface area contributed by atoms with Crippen molar-refractivity contribution in [1.29, 1.82) is 0 Å². The molecule has 1 aromatic carbocycles. The lowest BCUT2D eigenvalue weighted by Crippen LogP contribution is -2.32. The molecule has 1 saturated heterocycles. The van der Waals surface area contributed by atoms with E-state index < -0.39 is 29.6 Å². The average Bonchev–Trinajstić information content (AvgIpc) is 3.02. The molecule has 2 heterocycles. The fraction of sp³-hybridized carbons (Fsp3) is 0.133. The Morgan fingerprint density at radius 3 is 2.30 bits per heavy atom. The zero-order valence-corrected chi connectivity index (χ0v) is 11.7. The van der Waals surface area contributed by atoms with Crippen LogP contribution in [0.25, 0.3) is 5.57 Å². The van der Waals surface area contributed by atoms with Crippen LogP contribution in [0.4, 0.5) is 0 Å². The van der Waals surface area contributed by atoms with Crippen LogP contribution < -0.4 is 5.32 Å². The minimum Gasteiger partial charge on any atom is -0.325 e. The predicted octanol–water partition coefficient (Wildman–Crippen LogP) is -0.0528. The lowest BCUT2D eigenvalue weighted by Gasteiger charge is -2.14. The fourth-order valence-electron chi connectivity index (χ4n) is 2.30.